The van der Waals surface area contributed by atoms with E-state index >= 15 is 0 Å². The van der Waals surface area contributed by atoms with Gasteiger partial charge in [-0.3, -0.25) is 4.79 Å². The molecule has 0 bridgehead atoms. The molecule has 1 amide bonds. The van der Waals surface area contributed by atoms with Gasteiger partial charge in [-0.05, 0) is 54.8 Å². The smallest absolute Gasteiger partial charge is 0.252 e. The number of hydrogen-bond acceptors (Lipinski definition) is 6. The van der Waals surface area contributed by atoms with Crippen molar-refractivity contribution in [1.29, 1.82) is 0 Å². The van der Waals surface area contributed by atoms with Crippen molar-refractivity contribution in [2.45, 2.75) is 44.8 Å². The van der Waals surface area contributed by atoms with Gasteiger partial charge in [0, 0.05) is 36.0 Å². The maximum absolute atomic E-state index is 13.3. The molecule has 9 heteroatoms. The third-order valence-corrected chi connectivity index (χ3v) is 5.18. The predicted molar refractivity (Wildman–Crippen MR) is 125 cm³/mol. The van der Waals surface area contributed by atoms with Crippen LogP contribution < -0.4 is 10.1 Å². The Labute approximate surface area is 193 Å². The number of azide groups is 1. The zero-order valence-electron chi connectivity index (χ0n) is 18.9. The van der Waals surface area contributed by atoms with Gasteiger partial charge >= 0.3 is 0 Å². The minimum Gasteiger partial charge on any atom is -0.494 e. The number of aliphatic hydroxyl groups excluding tert-OH is 1. The molecule has 1 aliphatic heterocycles. The summed E-state index contributed by atoms with van der Waals surface area (Å²) in [7, 11) is 0. The first-order valence-corrected chi connectivity index (χ1v) is 10.9. The molecular weight excluding hydrogens is 422 g/mol. The van der Waals surface area contributed by atoms with E-state index < -0.39 is 5.54 Å². The minimum atomic E-state index is -1.14. The van der Waals surface area contributed by atoms with Crippen LogP contribution in [0.3, 0.4) is 0 Å². The highest BCUT2D eigenvalue weighted by atomic mass is 16.5. The van der Waals surface area contributed by atoms with Crippen LogP contribution in [-0.2, 0) is 22.5 Å². The molecule has 174 valence electrons. The second-order valence-electron chi connectivity index (χ2n) is 8.15. The van der Waals surface area contributed by atoms with Crippen LogP contribution in [0.15, 0.2) is 58.6 Å². The van der Waals surface area contributed by atoms with Crippen molar-refractivity contribution in [3.05, 3.63) is 75.7 Å². The molecule has 2 aromatic carbocycles. The van der Waals surface area contributed by atoms with Crippen molar-refractivity contribution in [2.24, 2.45) is 10.1 Å². The molecule has 33 heavy (non-hydrogen) atoms. The number of ether oxygens (including phenoxy) is 2. The Kier molecular flexibility index (Phi) is 8.29. The molecule has 0 saturated heterocycles. The molecule has 1 aliphatic rings. The van der Waals surface area contributed by atoms with Gasteiger partial charge in [0.1, 0.15) is 12.4 Å². The zero-order valence-corrected chi connectivity index (χ0v) is 18.9. The summed E-state index contributed by atoms with van der Waals surface area (Å²) in [6.07, 6.45) is 0.876. The third kappa shape index (κ3) is 6.25. The van der Waals surface area contributed by atoms with Crippen LogP contribution in [0.4, 0.5) is 0 Å². The Morgan fingerprint density at radius 2 is 2.00 bits per heavy atom. The number of benzene rings is 2. The summed E-state index contributed by atoms with van der Waals surface area (Å²) in [5, 5.41) is 15.5. The summed E-state index contributed by atoms with van der Waals surface area (Å²) < 4.78 is 11.5. The molecule has 1 heterocycles. The van der Waals surface area contributed by atoms with Crippen molar-refractivity contribution in [2.75, 3.05) is 19.8 Å². The molecular formula is C24H29N5O4. The molecule has 0 aliphatic carbocycles. The normalized spacial score (nSPS) is 17.2. The van der Waals surface area contributed by atoms with E-state index in [2.05, 4.69) is 15.3 Å². The standard InChI is InChI=1S/C24H29N5O4/c1-17(2)27-23(31)24(14-19-6-3-4-7-20(19)15-26-29-25)16-33-22(28-24)18-8-10-21(11-9-18)32-13-5-12-30/h3-4,6-11,17,30H,5,12-16H2,1-2H3,(H,27,31)/t24-/m1/s1. The average molecular weight is 452 g/mol. The van der Waals surface area contributed by atoms with Crippen molar-refractivity contribution < 1.29 is 19.4 Å². The van der Waals surface area contributed by atoms with Gasteiger partial charge in [0.25, 0.3) is 5.91 Å². The van der Waals surface area contributed by atoms with Crippen LogP contribution in [0.25, 0.3) is 10.4 Å². The number of aliphatic hydroxyl groups is 1. The molecule has 3 rings (SSSR count). The van der Waals surface area contributed by atoms with Crippen molar-refractivity contribution in [1.82, 2.24) is 5.32 Å². The Morgan fingerprint density at radius 3 is 2.67 bits per heavy atom. The molecule has 1 atom stereocenters. The van der Waals surface area contributed by atoms with Gasteiger partial charge in [-0.25, -0.2) is 4.99 Å². The Morgan fingerprint density at radius 1 is 1.27 bits per heavy atom. The van der Waals surface area contributed by atoms with E-state index in [-0.39, 0.29) is 31.7 Å². The van der Waals surface area contributed by atoms with Gasteiger partial charge in [-0.2, -0.15) is 0 Å². The van der Waals surface area contributed by atoms with Crippen molar-refractivity contribution in [3.8, 4) is 5.75 Å². The van der Waals surface area contributed by atoms with E-state index in [0.717, 1.165) is 16.7 Å². The lowest BCUT2D eigenvalue weighted by molar-refractivity contribution is -0.127. The topological polar surface area (TPSA) is 129 Å². The van der Waals surface area contributed by atoms with Crippen LogP contribution in [0.5, 0.6) is 5.75 Å². The molecule has 0 aromatic heterocycles. The summed E-state index contributed by atoms with van der Waals surface area (Å²) >= 11 is 0. The van der Waals surface area contributed by atoms with Gasteiger partial charge in [0.2, 0.25) is 5.90 Å². The van der Waals surface area contributed by atoms with Crippen LogP contribution in [-0.4, -0.2) is 48.3 Å². The van der Waals surface area contributed by atoms with Crippen molar-refractivity contribution in [3.63, 3.8) is 0 Å². The first kappa shape index (κ1) is 24.1. The molecule has 9 nitrogen and oxygen atoms in total. The van der Waals surface area contributed by atoms with E-state index in [1.54, 1.807) is 0 Å². The number of amides is 1. The summed E-state index contributed by atoms with van der Waals surface area (Å²) in [4.78, 5) is 20.9. The number of aliphatic imine (C=N–C) groups is 1. The fourth-order valence-corrected chi connectivity index (χ4v) is 3.53. The fourth-order valence-electron chi connectivity index (χ4n) is 3.53. The van der Waals surface area contributed by atoms with E-state index in [1.165, 1.54) is 0 Å². The number of hydrogen-bond donors (Lipinski definition) is 2. The number of nitrogens with one attached hydrogen (secondary N) is 1. The lowest BCUT2D eigenvalue weighted by Gasteiger charge is -2.25. The summed E-state index contributed by atoms with van der Waals surface area (Å²) in [5.74, 6) is 0.861. The van der Waals surface area contributed by atoms with E-state index in [0.29, 0.717) is 31.1 Å². The van der Waals surface area contributed by atoms with E-state index in [4.69, 9.17) is 25.1 Å². The largest absolute Gasteiger partial charge is 0.494 e. The zero-order chi connectivity index (χ0) is 23.7. The first-order chi connectivity index (χ1) is 16.0. The number of carbonyl (C=O) groups excluding carboxylic acids is 1. The van der Waals surface area contributed by atoms with Crippen LogP contribution in [0.1, 0.15) is 37.0 Å². The highest BCUT2D eigenvalue weighted by Crippen LogP contribution is 2.29. The highest BCUT2D eigenvalue weighted by molar-refractivity contribution is 6.00. The van der Waals surface area contributed by atoms with Gasteiger partial charge in [-0.15, -0.1) is 0 Å². The number of rotatable bonds is 11. The summed E-state index contributed by atoms with van der Waals surface area (Å²) in [6, 6.07) is 14.8. The first-order valence-electron chi connectivity index (χ1n) is 10.9. The third-order valence-electron chi connectivity index (χ3n) is 5.18. The fraction of sp³-hybridized carbons (Fsp3) is 0.417. The SMILES string of the molecule is CC(C)NC(=O)[C@@]1(Cc2ccccc2CN=[N+]=[N-])COC(c2ccc(OCCCO)cc2)=N1. The number of nitrogens with zero attached hydrogens (tertiary/aromatic N) is 4. The highest BCUT2D eigenvalue weighted by Gasteiger charge is 2.45. The van der Waals surface area contributed by atoms with Crippen LogP contribution in [0, 0.1) is 0 Å². The lowest BCUT2D eigenvalue weighted by Crippen LogP contribution is -2.50. The molecule has 0 radical (unpaired) electrons. The Balaban J connectivity index is 1.89. The molecule has 2 aromatic rings. The van der Waals surface area contributed by atoms with Crippen LogP contribution >= 0.6 is 0 Å². The monoisotopic (exact) mass is 451 g/mol. The maximum Gasteiger partial charge on any atom is 0.252 e. The lowest BCUT2D eigenvalue weighted by atomic mass is 9.89. The van der Waals surface area contributed by atoms with Crippen LogP contribution in [0.2, 0.25) is 0 Å². The molecule has 2 N–H and O–H groups in total. The van der Waals surface area contributed by atoms with Gasteiger partial charge in [0.05, 0.1) is 13.2 Å². The van der Waals surface area contributed by atoms with E-state index in [1.807, 2.05) is 62.4 Å². The second kappa shape index (κ2) is 11.4. The maximum atomic E-state index is 13.3. The second-order valence-corrected chi connectivity index (χ2v) is 8.15. The summed E-state index contributed by atoms with van der Waals surface area (Å²) in [5.41, 5.74) is 10.0. The molecule has 0 unspecified atom stereocenters. The summed E-state index contributed by atoms with van der Waals surface area (Å²) in [6.45, 7) is 4.61. The van der Waals surface area contributed by atoms with Gasteiger partial charge in [-0.1, -0.05) is 29.4 Å². The van der Waals surface area contributed by atoms with E-state index in [9.17, 15) is 4.79 Å². The molecule has 0 fully saturated rings. The minimum absolute atomic E-state index is 0.0533. The molecule has 0 spiro atoms. The Hall–Kier alpha value is -3.55. The average Bonchev–Trinajstić information content (AvgIpc) is 3.24. The number of carbonyl (C=O) groups is 1. The molecule has 0 saturated carbocycles. The Bertz CT molecular complexity index is 1030. The van der Waals surface area contributed by atoms with Gasteiger partial charge < -0.3 is 19.9 Å². The van der Waals surface area contributed by atoms with Crippen molar-refractivity contribution >= 4 is 11.8 Å². The van der Waals surface area contributed by atoms with Gasteiger partial charge in [0.15, 0.2) is 5.54 Å². The predicted octanol–water partition coefficient (Wildman–Crippen LogP) is 3.54. The quantitative estimate of drug-likeness (QED) is 0.234.